The molecule has 3 rings (SSSR count). The highest BCUT2D eigenvalue weighted by Crippen LogP contribution is 2.28. The van der Waals surface area contributed by atoms with E-state index in [4.69, 9.17) is 14.7 Å². The Bertz CT molecular complexity index is 1120. The lowest BCUT2D eigenvalue weighted by molar-refractivity contribution is -0.131. The Morgan fingerprint density at radius 1 is 1.09 bits per heavy atom. The molecule has 0 unspecified atom stereocenters. The molecular formula is C23H26FN3O5S. The van der Waals surface area contributed by atoms with Crippen LogP contribution in [0.3, 0.4) is 0 Å². The van der Waals surface area contributed by atoms with Gasteiger partial charge in [-0.2, -0.15) is 9.57 Å². The van der Waals surface area contributed by atoms with Crippen LogP contribution in [-0.2, 0) is 14.8 Å². The van der Waals surface area contributed by atoms with Crippen molar-refractivity contribution in [1.29, 1.82) is 5.26 Å². The Balaban J connectivity index is 1.49. The highest BCUT2D eigenvalue weighted by atomic mass is 32.2. The van der Waals surface area contributed by atoms with Crippen LogP contribution in [0, 0.1) is 17.1 Å². The third kappa shape index (κ3) is 6.21. The average Bonchev–Trinajstić information content (AvgIpc) is 3.09. The summed E-state index contributed by atoms with van der Waals surface area (Å²) in [6, 6.07) is 11.7. The van der Waals surface area contributed by atoms with E-state index < -0.39 is 15.8 Å². The molecule has 33 heavy (non-hydrogen) atoms. The minimum atomic E-state index is -3.74. The molecule has 1 amide bonds. The maximum absolute atomic E-state index is 13.1. The van der Waals surface area contributed by atoms with Gasteiger partial charge in [-0.3, -0.25) is 4.79 Å². The van der Waals surface area contributed by atoms with Gasteiger partial charge < -0.3 is 14.4 Å². The first kappa shape index (κ1) is 24.5. The van der Waals surface area contributed by atoms with Gasteiger partial charge in [0.15, 0.2) is 11.5 Å². The lowest BCUT2D eigenvalue weighted by atomic mass is 10.2. The molecule has 2 aromatic rings. The Kier molecular flexibility index (Phi) is 8.25. The van der Waals surface area contributed by atoms with Crippen molar-refractivity contribution in [2.45, 2.75) is 24.2 Å². The SMILES string of the molecule is COc1cc(C#N)ccc1OCCCC(=O)N1CCCN(S(=O)(=O)c2ccc(F)cc2)CC1. The summed E-state index contributed by atoms with van der Waals surface area (Å²) >= 11 is 0. The molecular weight excluding hydrogens is 449 g/mol. The molecule has 0 spiro atoms. The average molecular weight is 476 g/mol. The van der Waals surface area contributed by atoms with E-state index in [1.54, 1.807) is 23.1 Å². The second-order valence-corrected chi connectivity index (χ2v) is 9.46. The van der Waals surface area contributed by atoms with Gasteiger partial charge in [0.25, 0.3) is 0 Å². The van der Waals surface area contributed by atoms with Gasteiger partial charge in [-0.05, 0) is 49.2 Å². The van der Waals surface area contributed by atoms with E-state index in [2.05, 4.69) is 0 Å². The molecule has 0 aliphatic carbocycles. The number of hydrogen-bond donors (Lipinski definition) is 0. The summed E-state index contributed by atoms with van der Waals surface area (Å²) in [6.07, 6.45) is 1.27. The van der Waals surface area contributed by atoms with Crippen molar-refractivity contribution in [2.24, 2.45) is 0 Å². The predicted molar refractivity (Wildman–Crippen MR) is 119 cm³/mol. The number of nitrogens with zero attached hydrogens (tertiary/aromatic N) is 3. The Labute approximate surface area is 193 Å². The molecule has 1 aliphatic rings. The van der Waals surface area contributed by atoms with Gasteiger partial charge in [0, 0.05) is 38.7 Å². The zero-order valence-corrected chi connectivity index (χ0v) is 19.2. The number of benzene rings is 2. The molecule has 1 aliphatic heterocycles. The van der Waals surface area contributed by atoms with Crippen molar-refractivity contribution < 1.29 is 27.1 Å². The number of carbonyl (C=O) groups excluding carboxylic acids is 1. The largest absolute Gasteiger partial charge is 0.493 e. The lowest BCUT2D eigenvalue weighted by Crippen LogP contribution is -2.37. The van der Waals surface area contributed by atoms with Crippen LogP contribution in [0.1, 0.15) is 24.8 Å². The molecule has 2 aromatic carbocycles. The van der Waals surface area contributed by atoms with Gasteiger partial charge in [0.2, 0.25) is 15.9 Å². The molecule has 0 radical (unpaired) electrons. The topological polar surface area (TPSA) is 99.9 Å². The number of ether oxygens (including phenoxy) is 2. The van der Waals surface area contributed by atoms with E-state index in [9.17, 15) is 17.6 Å². The first-order chi connectivity index (χ1) is 15.8. The monoisotopic (exact) mass is 475 g/mol. The molecule has 1 fully saturated rings. The molecule has 0 bridgehead atoms. The van der Waals surface area contributed by atoms with Gasteiger partial charge in [-0.1, -0.05) is 0 Å². The number of methoxy groups -OCH3 is 1. The molecule has 8 nitrogen and oxygen atoms in total. The van der Waals surface area contributed by atoms with Crippen LogP contribution < -0.4 is 9.47 Å². The van der Waals surface area contributed by atoms with E-state index in [1.807, 2.05) is 6.07 Å². The second kappa shape index (κ2) is 11.1. The summed E-state index contributed by atoms with van der Waals surface area (Å²) in [6.45, 7) is 1.55. The fraction of sp³-hybridized carbons (Fsp3) is 0.391. The van der Waals surface area contributed by atoms with Crippen LogP contribution in [0.2, 0.25) is 0 Å². The zero-order valence-electron chi connectivity index (χ0n) is 18.4. The van der Waals surface area contributed by atoms with E-state index >= 15 is 0 Å². The molecule has 0 aromatic heterocycles. The molecule has 0 N–H and O–H groups in total. The van der Waals surface area contributed by atoms with Crippen molar-refractivity contribution in [2.75, 3.05) is 39.9 Å². The fourth-order valence-corrected chi connectivity index (χ4v) is 5.03. The zero-order chi connectivity index (χ0) is 23.8. The van der Waals surface area contributed by atoms with Gasteiger partial charge in [-0.25, -0.2) is 12.8 Å². The maximum atomic E-state index is 13.1. The smallest absolute Gasteiger partial charge is 0.243 e. The van der Waals surface area contributed by atoms with E-state index in [0.29, 0.717) is 56.1 Å². The molecule has 10 heteroatoms. The molecule has 176 valence electrons. The van der Waals surface area contributed by atoms with Crippen LogP contribution in [-0.4, -0.2) is 63.4 Å². The lowest BCUT2D eigenvalue weighted by Gasteiger charge is -2.22. The Hall–Kier alpha value is -3.16. The van der Waals surface area contributed by atoms with Crippen LogP contribution in [0.5, 0.6) is 11.5 Å². The minimum absolute atomic E-state index is 0.0408. The minimum Gasteiger partial charge on any atom is -0.493 e. The van der Waals surface area contributed by atoms with Crippen LogP contribution in [0.15, 0.2) is 47.4 Å². The number of hydrogen-bond acceptors (Lipinski definition) is 6. The van der Waals surface area contributed by atoms with Gasteiger partial charge in [0.1, 0.15) is 5.82 Å². The third-order valence-corrected chi connectivity index (χ3v) is 7.26. The first-order valence-electron chi connectivity index (χ1n) is 10.6. The number of sulfonamides is 1. The van der Waals surface area contributed by atoms with Crippen molar-refractivity contribution in [3.63, 3.8) is 0 Å². The van der Waals surface area contributed by atoms with Gasteiger partial charge in [0.05, 0.1) is 30.2 Å². The summed E-state index contributed by atoms with van der Waals surface area (Å²) in [4.78, 5) is 14.3. The second-order valence-electron chi connectivity index (χ2n) is 7.52. The number of carbonyl (C=O) groups is 1. The predicted octanol–water partition coefficient (Wildman–Crippen LogP) is 2.79. The van der Waals surface area contributed by atoms with Crippen LogP contribution in [0.4, 0.5) is 4.39 Å². The third-order valence-electron chi connectivity index (χ3n) is 5.34. The summed E-state index contributed by atoms with van der Waals surface area (Å²) in [5.74, 6) is 0.394. The van der Waals surface area contributed by atoms with Crippen molar-refractivity contribution in [1.82, 2.24) is 9.21 Å². The molecule has 1 heterocycles. The number of nitriles is 1. The first-order valence-corrected chi connectivity index (χ1v) is 12.0. The van der Waals surface area contributed by atoms with E-state index in [1.165, 1.54) is 23.5 Å². The maximum Gasteiger partial charge on any atom is 0.243 e. The quantitative estimate of drug-likeness (QED) is 0.545. The summed E-state index contributed by atoms with van der Waals surface area (Å²) in [7, 11) is -2.25. The highest BCUT2D eigenvalue weighted by molar-refractivity contribution is 7.89. The van der Waals surface area contributed by atoms with Gasteiger partial charge >= 0.3 is 0 Å². The number of halogens is 1. The van der Waals surface area contributed by atoms with Crippen LogP contribution >= 0.6 is 0 Å². The van der Waals surface area contributed by atoms with E-state index in [0.717, 1.165) is 12.1 Å². The molecule has 0 atom stereocenters. The highest BCUT2D eigenvalue weighted by Gasteiger charge is 2.28. The Morgan fingerprint density at radius 2 is 1.85 bits per heavy atom. The van der Waals surface area contributed by atoms with Crippen molar-refractivity contribution in [3.05, 3.63) is 53.8 Å². The molecule has 0 saturated carbocycles. The Morgan fingerprint density at radius 3 is 2.55 bits per heavy atom. The normalized spacial score (nSPS) is 14.9. The summed E-state index contributed by atoms with van der Waals surface area (Å²) in [5, 5.41) is 8.96. The van der Waals surface area contributed by atoms with Crippen molar-refractivity contribution in [3.8, 4) is 17.6 Å². The standard InChI is InChI=1S/C23H26FN3O5S/c1-31-22-16-18(17-25)5-10-21(22)32-15-2-4-23(28)26-11-3-12-27(14-13-26)33(29,30)20-8-6-19(24)7-9-20/h5-10,16H,2-4,11-15H2,1H3. The number of amides is 1. The molecule has 1 saturated heterocycles. The fourth-order valence-electron chi connectivity index (χ4n) is 3.56. The summed E-state index contributed by atoms with van der Waals surface area (Å²) in [5.41, 5.74) is 0.464. The van der Waals surface area contributed by atoms with Crippen molar-refractivity contribution >= 4 is 15.9 Å². The summed E-state index contributed by atoms with van der Waals surface area (Å²) < 4.78 is 51.0. The van der Waals surface area contributed by atoms with Crippen LogP contribution in [0.25, 0.3) is 0 Å². The van der Waals surface area contributed by atoms with Gasteiger partial charge in [-0.15, -0.1) is 0 Å². The van der Waals surface area contributed by atoms with E-state index in [-0.39, 0.29) is 23.8 Å². The number of rotatable bonds is 8.